The largest absolute Gasteiger partial charge is 0.343 e. The van der Waals surface area contributed by atoms with Crippen LogP contribution in [0.3, 0.4) is 0 Å². The molecule has 0 aliphatic carbocycles. The van der Waals surface area contributed by atoms with Crippen molar-refractivity contribution >= 4 is 46.8 Å². The molecule has 0 bridgehead atoms. The minimum Gasteiger partial charge on any atom is -0.343 e. The second kappa shape index (κ2) is 8.43. The van der Waals surface area contributed by atoms with Gasteiger partial charge in [-0.1, -0.05) is 12.1 Å². The Labute approximate surface area is 138 Å². The molecule has 20 heavy (non-hydrogen) atoms. The summed E-state index contributed by atoms with van der Waals surface area (Å²) in [7, 11) is 0. The van der Waals surface area contributed by atoms with Crippen molar-refractivity contribution in [3.63, 3.8) is 0 Å². The number of halogens is 2. The predicted molar refractivity (Wildman–Crippen MR) is 88.2 cm³/mol. The maximum absolute atomic E-state index is 12.0. The third kappa shape index (κ3) is 4.60. The first kappa shape index (κ1) is 17.2. The number of amides is 2. The molecule has 0 radical (unpaired) electrons. The van der Waals surface area contributed by atoms with E-state index in [9.17, 15) is 9.59 Å². The van der Waals surface area contributed by atoms with E-state index in [0.717, 1.165) is 16.7 Å². The maximum Gasteiger partial charge on any atom is 0.252 e. The van der Waals surface area contributed by atoms with E-state index in [2.05, 4.69) is 33.2 Å². The molecule has 0 atom stereocenters. The van der Waals surface area contributed by atoms with Gasteiger partial charge in [0, 0.05) is 29.7 Å². The lowest BCUT2D eigenvalue weighted by molar-refractivity contribution is -0.130. The number of hydrogen-bond donors (Lipinski definition) is 2. The average Bonchev–Trinajstić information content (AvgIpc) is 2.46. The monoisotopic (exact) mass is 409 g/mol. The molecule has 0 aromatic heterocycles. The van der Waals surface area contributed by atoms with E-state index < -0.39 is 0 Å². The van der Waals surface area contributed by atoms with Crippen molar-refractivity contribution in [2.24, 2.45) is 0 Å². The van der Waals surface area contributed by atoms with E-state index >= 15 is 0 Å². The van der Waals surface area contributed by atoms with Crippen LogP contribution in [-0.4, -0.2) is 49.4 Å². The second-order valence-electron chi connectivity index (χ2n) is 4.29. The summed E-state index contributed by atoms with van der Waals surface area (Å²) in [5.74, 6) is -0.228. The highest BCUT2D eigenvalue weighted by molar-refractivity contribution is 14.1. The highest BCUT2D eigenvalue weighted by atomic mass is 127. The van der Waals surface area contributed by atoms with Gasteiger partial charge < -0.3 is 15.5 Å². The van der Waals surface area contributed by atoms with Crippen molar-refractivity contribution in [3.05, 3.63) is 33.4 Å². The van der Waals surface area contributed by atoms with Crippen LogP contribution in [0.4, 0.5) is 0 Å². The summed E-state index contributed by atoms with van der Waals surface area (Å²) in [6.45, 7) is 3.10. The fourth-order valence-electron chi connectivity index (χ4n) is 1.92. The third-order valence-corrected chi connectivity index (χ3v) is 3.93. The van der Waals surface area contributed by atoms with Crippen LogP contribution in [0, 0.1) is 3.57 Å². The molecule has 110 valence electrons. The summed E-state index contributed by atoms with van der Waals surface area (Å²) in [4.78, 5) is 25.6. The number of carbonyl (C=O) groups is 2. The number of hydrogen-bond acceptors (Lipinski definition) is 3. The van der Waals surface area contributed by atoms with Gasteiger partial charge in [0.25, 0.3) is 5.91 Å². The van der Waals surface area contributed by atoms with Gasteiger partial charge in [-0.3, -0.25) is 9.59 Å². The second-order valence-corrected chi connectivity index (χ2v) is 5.46. The zero-order chi connectivity index (χ0) is 13.7. The molecule has 0 unspecified atom stereocenters. The molecule has 2 rings (SSSR count). The normalized spacial score (nSPS) is 14.3. The molecule has 1 aliphatic rings. The van der Waals surface area contributed by atoms with E-state index in [1.807, 2.05) is 18.2 Å². The van der Waals surface area contributed by atoms with E-state index in [-0.39, 0.29) is 30.8 Å². The molecule has 1 fully saturated rings. The van der Waals surface area contributed by atoms with Crippen molar-refractivity contribution in [1.29, 1.82) is 0 Å². The Morgan fingerprint density at radius 1 is 1.25 bits per heavy atom. The molecule has 2 amide bonds. The van der Waals surface area contributed by atoms with Gasteiger partial charge in [0.1, 0.15) is 0 Å². The zero-order valence-corrected chi connectivity index (χ0v) is 13.9. The number of carbonyl (C=O) groups excluding carboxylic acids is 2. The highest BCUT2D eigenvalue weighted by Gasteiger charge is 2.17. The molecule has 0 spiro atoms. The zero-order valence-electron chi connectivity index (χ0n) is 10.9. The maximum atomic E-state index is 12.0. The molecular weight excluding hydrogens is 393 g/mol. The lowest BCUT2D eigenvalue weighted by Crippen LogP contribution is -2.49. The van der Waals surface area contributed by atoms with Gasteiger partial charge in [-0.15, -0.1) is 12.4 Å². The Kier molecular flexibility index (Phi) is 7.25. The fraction of sp³-hybridized carbons (Fsp3) is 0.385. The standard InChI is InChI=1S/C13H16IN3O2.ClH/c14-11-4-2-1-3-10(11)13(19)16-9-12(18)17-7-5-15-6-8-17;/h1-4,15H,5-9H2,(H,16,19);1H. The van der Waals surface area contributed by atoms with Crippen LogP contribution in [0.5, 0.6) is 0 Å². The minimum absolute atomic E-state index is 0. The highest BCUT2D eigenvalue weighted by Crippen LogP contribution is 2.10. The molecule has 1 aromatic carbocycles. The third-order valence-electron chi connectivity index (χ3n) is 2.99. The predicted octanol–water partition coefficient (Wildman–Crippen LogP) is 0.875. The fourth-order valence-corrected chi connectivity index (χ4v) is 2.55. The summed E-state index contributed by atoms with van der Waals surface area (Å²) < 4.78 is 0.882. The first-order valence-corrected chi connectivity index (χ1v) is 7.27. The molecular formula is C13H17ClIN3O2. The van der Waals surface area contributed by atoms with Crippen molar-refractivity contribution in [2.75, 3.05) is 32.7 Å². The summed E-state index contributed by atoms with van der Waals surface area (Å²) in [6, 6.07) is 7.32. The molecule has 1 saturated heterocycles. The average molecular weight is 410 g/mol. The summed E-state index contributed by atoms with van der Waals surface area (Å²) in [6.07, 6.45) is 0. The van der Waals surface area contributed by atoms with Gasteiger partial charge in [0.15, 0.2) is 0 Å². The Hall–Kier alpha value is -0.860. The molecule has 7 heteroatoms. The van der Waals surface area contributed by atoms with Crippen LogP contribution in [0.1, 0.15) is 10.4 Å². The quantitative estimate of drug-likeness (QED) is 0.729. The van der Waals surface area contributed by atoms with Crippen molar-refractivity contribution < 1.29 is 9.59 Å². The van der Waals surface area contributed by atoms with Gasteiger partial charge in [-0.05, 0) is 34.7 Å². The van der Waals surface area contributed by atoms with Gasteiger partial charge in [0.05, 0.1) is 12.1 Å². The van der Waals surface area contributed by atoms with Crippen LogP contribution in [0.15, 0.2) is 24.3 Å². The summed E-state index contributed by atoms with van der Waals surface area (Å²) >= 11 is 2.11. The Morgan fingerprint density at radius 2 is 1.90 bits per heavy atom. The first-order chi connectivity index (χ1) is 9.18. The topological polar surface area (TPSA) is 61.4 Å². The smallest absolute Gasteiger partial charge is 0.252 e. The lowest BCUT2D eigenvalue weighted by Gasteiger charge is -2.27. The van der Waals surface area contributed by atoms with Crippen LogP contribution in [0.25, 0.3) is 0 Å². The van der Waals surface area contributed by atoms with Crippen LogP contribution in [-0.2, 0) is 4.79 Å². The van der Waals surface area contributed by atoms with E-state index in [4.69, 9.17) is 0 Å². The van der Waals surface area contributed by atoms with Crippen molar-refractivity contribution in [1.82, 2.24) is 15.5 Å². The molecule has 1 aliphatic heterocycles. The summed E-state index contributed by atoms with van der Waals surface area (Å²) in [5.41, 5.74) is 0.608. The number of nitrogens with one attached hydrogen (secondary N) is 2. The Bertz CT molecular complexity index is 478. The number of benzene rings is 1. The van der Waals surface area contributed by atoms with Crippen LogP contribution in [0.2, 0.25) is 0 Å². The number of rotatable bonds is 3. The van der Waals surface area contributed by atoms with Crippen LogP contribution < -0.4 is 10.6 Å². The SMILES string of the molecule is Cl.O=C(NCC(=O)N1CCNCC1)c1ccccc1I. The molecule has 1 aromatic rings. The summed E-state index contributed by atoms with van der Waals surface area (Å²) in [5, 5.41) is 5.87. The molecule has 5 nitrogen and oxygen atoms in total. The minimum atomic E-state index is -0.200. The van der Waals surface area contributed by atoms with Gasteiger partial charge in [0.2, 0.25) is 5.91 Å². The van der Waals surface area contributed by atoms with Gasteiger partial charge in [-0.2, -0.15) is 0 Å². The van der Waals surface area contributed by atoms with E-state index in [1.54, 1.807) is 11.0 Å². The van der Waals surface area contributed by atoms with Crippen molar-refractivity contribution in [2.45, 2.75) is 0 Å². The van der Waals surface area contributed by atoms with E-state index in [1.165, 1.54) is 0 Å². The Morgan fingerprint density at radius 3 is 2.55 bits per heavy atom. The van der Waals surface area contributed by atoms with Gasteiger partial charge >= 0.3 is 0 Å². The first-order valence-electron chi connectivity index (χ1n) is 6.19. The lowest BCUT2D eigenvalue weighted by atomic mass is 10.2. The van der Waals surface area contributed by atoms with E-state index in [0.29, 0.717) is 18.7 Å². The number of piperazine rings is 1. The Balaban J connectivity index is 0.00000200. The molecule has 2 N–H and O–H groups in total. The van der Waals surface area contributed by atoms with Crippen molar-refractivity contribution in [3.8, 4) is 0 Å². The molecule has 1 heterocycles. The molecule has 0 saturated carbocycles. The van der Waals surface area contributed by atoms with Crippen LogP contribution >= 0.6 is 35.0 Å². The van der Waals surface area contributed by atoms with Gasteiger partial charge in [-0.25, -0.2) is 0 Å². The number of nitrogens with zero attached hydrogens (tertiary/aromatic N) is 1.